The molecule has 0 aromatic carbocycles. The van der Waals surface area contributed by atoms with E-state index in [0.29, 0.717) is 23.2 Å². The van der Waals surface area contributed by atoms with Gasteiger partial charge in [-0.3, -0.25) is 4.79 Å². The van der Waals surface area contributed by atoms with Gasteiger partial charge in [0.15, 0.2) is 0 Å². The monoisotopic (exact) mass is 336 g/mol. The number of fused-ring (bicyclic) bond motifs is 1. The van der Waals surface area contributed by atoms with Crippen LogP contribution in [-0.2, 0) is 0 Å². The summed E-state index contributed by atoms with van der Waals surface area (Å²) in [4.78, 5) is 19.5. The molecule has 0 spiro atoms. The van der Waals surface area contributed by atoms with Gasteiger partial charge in [-0.2, -0.15) is 0 Å². The van der Waals surface area contributed by atoms with E-state index < -0.39 is 0 Å². The van der Waals surface area contributed by atoms with Crippen molar-refractivity contribution in [2.75, 3.05) is 19.6 Å². The van der Waals surface area contributed by atoms with E-state index in [0.717, 1.165) is 49.2 Å². The second kappa shape index (κ2) is 6.09. The molecule has 4 rings (SSSR count). The van der Waals surface area contributed by atoms with Crippen LogP contribution in [-0.4, -0.2) is 46.6 Å². The highest BCUT2D eigenvalue weighted by atomic mass is 35.5. The van der Waals surface area contributed by atoms with E-state index in [4.69, 9.17) is 4.52 Å². The van der Waals surface area contributed by atoms with E-state index in [1.54, 1.807) is 0 Å². The van der Waals surface area contributed by atoms with Crippen molar-refractivity contribution in [3.05, 3.63) is 23.0 Å². The number of pyridine rings is 1. The Morgan fingerprint density at radius 2 is 2.22 bits per heavy atom. The second-order valence-electron chi connectivity index (χ2n) is 6.42. The first kappa shape index (κ1) is 16.2. The zero-order valence-electron chi connectivity index (χ0n) is 13.3. The van der Waals surface area contributed by atoms with Crippen LogP contribution in [0.15, 0.2) is 10.6 Å². The molecule has 1 saturated heterocycles. The van der Waals surface area contributed by atoms with Crippen molar-refractivity contribution in [3.8, 4) is 0 Å². The lowest BCUT2D eigenvalue weighted by Gasteiger charge is -2.32. The van der Waals surface area contributed by atoms with E-state index in [-0.39, 0.29) is 18.3 Å². The summed E-state index contributed by atoms with van der Waals surface area (Å²) in [7, 11) is 0. The van der Waals surface area contributed by atoms with Crippen molar-refractivity contribution in [3.63, 3.8) is 0 Å². The summed E-state index contributed by atoms with van der Waals surface area (Å²) in [5.41, 5.74) is 2.89. The number of hydrogen-bond acceptors (Lipinski definition) is 5. The van der Waals surface area contributed by atoms with Crippen molar-refractivity contribution >= 4 is 29.4 Å². The Morgan fingerprint density at radius 1 is 1.43 bits per heavy atom. The first-order valence-electron chi connectivity index (χ1n) is 7.93. The van der Waals surface area contributed by atoms with Gasteiger partial charge in [0.1, 0.15) is 0 Å². The van der Waals surface area contributed by atoms with Crippen LogP contribution < -0.4 is 5.32 Å². The molecule has 1 amide bonds. The highest BCUT2D eigenvalue weighted by molar-refractivity contribution is 6.06. The number of halogens is 1. The molecule has 6 nitrogen and oxygen atoms in total. The fraction of sp³-hybridized carbons (Fsp3) is 0.562. The van der Waals surface area contributed by atoms with Gasteiger partial charge in [0, 0.05) is 37.3 Å². The summed E-state index contributed by atoms with van der Waals surface area (Å²) in [6, 6.07) is 2.28. The lowest BCUT2D eigenvalue weighted by atomic mass is 10.1. The summed E-state index contributed by atoms with van der Waals surface area (Å²) in [6.45, 7) is 6.25. The number of amides is 1. The van der Waals surface area contributed by atoms with E-state index in [9.17, 15) is 4.79 Å². The predicted octanol–water partition coefficient (Wildman–Crippen LogP) is 2.26. The molecular weight excluding hydrogens is 316 g/mol. The van der Waals surface area contributed by atoms with Gasteiger partial charge in [-0.25, -0.2) is 4.98 Å². The summed E-state index contributed by atoms with van der Waals surface area (Å²) in [5, 5.41) is 8.13. The first-order chi connectivity index (χ1) is 10.6. The van der Waals surface area contributed by atoms with E-state index in [1.165, 1.54) is 0 Å². The van der Waals surface area contributed by atoms with Gasteiger partial charge in [0.2, 0.25) is 0 Å². The van der Waals surface area contributed by atoms with Crippen molar-refractivity contribution in [1.82, 2.24) is 20.4 Å². The third kappa shape index (κ3) is 2.93. The molecule has 23 heavy (non-hydrogen) atoms. The highest BCUT2D eigenvalue weighted by Gasteiger charge is 2.30. The molecule has 1 N–H and O–H groups in total. The van der Waals surface area contributed by atoms with Gasteiger partial charge in [-0.1, -0.05) is 5.16 Å². The van der Waals surface area contributed by atoms with Crippen LogP contribution in [0.4, 0.5) is 0 Å². The predicted molar refractivity (Wildman–Crippen MR) is 89.1 cm³/mol. The zero-order valence-corrected chi connectivity index (χ0v) is 14.2. The van der Waals surface area contributed by atoms with Crippen molar-refractivity contribution in [2.45, 2.75) is 38.6 Å². The van der Waals surface area contributed by atoms with Gasteiger partial charge in [0.05, 0.1) is 16.6 Å². The molecule has 1 aliphatic heterocycles. The SMILES string of the molecule is Cc1noc2nc(C3CC3)cc(C(=O)N3CCNC(C)C3)c12.Cl. The zero-order chi connectivity index (χ0) is 15.3. The number of aromatic nitrogens is 2. The topological polar surface area (TPSA) is 71.3 Å². The fourth-order valence-electron chi connectivity index (χ4n) is 3.16. The minimum Gasteiger partial charge on any atom is -0.336 e. The Hall–Kier alpha value is -1.66. The lowest BCUT2D eigenvalue weighted by Crippen LogP contribution is -2.51. The van der Waals surface area contributed by atoms with Crippen molar-refractivity contribution < 1.29 is 9.32 Å². The van der Waals surface area contributed by atoms with Crippen LogP contribution in [0.25, 0.3) is 11.1 Å². The van der Waals surface area contributed by atoms with Gasteiger partial charge in [-0.05, 0) is 32.8 Å². The number of nitrogens with one attached hydrogen (secondary N) is 1. The Morgan fingerprint density at radius 3 is 2.91 bits per heavy atom. The van der Waals surface area contributed by atoms with E-state index in [2.05, 4.69) is 22.4 Å². The lowest BCUT2D eigenvalue weighted by molar-refractivity contribution is 0.0711. The second-order valence-corrected chi connectivity index (χ2v) is 6.42. The highest BCUT2D eigenvalue weighted by Crippen LogP contribution is 2.40. The van der Waals surface area contributed by atoms with Gasteiger partial charge >= 0.3 is 0 Å². The number of carbonyl (C=O) groups excluding carboxylic acids is 1. The maximum absolute atomic E-state index is 13.0. The normalized spacial score (nSPS) is 21.3. The summed E-state index contributed by atoms with van der Waals surface area (Å²) >= 11 is 0. The average molecular weight is 337 g/mol. The maximum atomic E-state index is 13.0. The maximum Gasteiger partial charge on any atom is 0.259 e. The number of nitrogens with zero attached hydrogens (tertiary/aromatic N) is 3. The van der Waals surface area contributed by atoms with Gasteiger partial charge in [0.25, 0.3) is 11.6 Å². The van der Waals surface area contributed by atoms with Crippen LogP contribution in [0.1, 0.15) is 47.4 Å². The third-order valence-electron chi connectivity index (χ3n) is 4.52. The molecule has 7 heteroatoms. The van der Waals surface area contributed by atoms with Crippen LogP contribution in [0, 0.1) is 6.92 Å². The van der Waals surface area contributed by atoms with Crippen LogP contribution in [0.5, 0.6) is 0 Å². The average Bonchev–Trinajstić information content (AvgIpc) is 3.30. The number of aryl methyl sites for hydroxylation is 1. The molecule has 1 unspecified atom stereocenters. The van der Waals surface area contributed by atoms with Crippen molar-refractivity contribution in [1.29, 1.82) is 0 Å². The molecule has 1 atom stereocenters. The van der Waals surface area contributed by atoms with Gasteiger partial charge in [-0.15, -0.1) is 12.4 Å². The smallest absolute Gasteiger partial charge is 0.259 e. The molecular formula is C16H21ClN4O2. The Labute approximate surface area is 141 Å². The summed E-state index contributed by atoms with van der Waals surface area (Å²) in [6.07, 6.45) is 2.29. The minimum atomic E-state index is 0. The Bertz CT molecular complexity index is 741. The van der Waals surface area contributed by atoms with Gasteiger partial charge < -0.3 is 14.7 Å². The quantitative estimate of drug-likeness (QED) is 0.910. The Kier molecular flexibility index (Phi) is 4.29. The summed E-state index contributed by atoms with van der Waals surface area (Å²) in [5.74, 6) is 0.539. The molecule has 0 bridgehead atoms. The number of rotatable bonds is 2. The molecule has 2 aromatic heterocycles. The summed E-state index contributed by atoms with van der Waals surface area (Å²) < 4.78 is 5.32. The largest absolute Gasteiger partial charge is 0.336 e. The number of hydrogen-bond donors (Lipinski definition) is 1. The molecule has 2 aromatic rings. The molecule has 2 aliphatic rings. The molecule has 0 radical (unpaired) electrons. The number of piperazine rings is 1. The van der Waals surface area contributed by atoms with Crippen molar-refractivity contribution in [2.24, 2.45) is 0 Å². The molecule has 1 saturated carbocycles. The fourth-order valence-corrected chi connectivity index (χ4v) is 3.16. The number of carbonyl (C=O) groups is 1. The first-order valence-corrected chi connectivity index (χ1v) is 7.93. The molecule has 2 fully saturated rings. The van der Waals surface area contributed by atoms with Crippen LogP contribution >= 0.6 is 12.4 Å². The van der Waals surface area contributed by atoms with Crippen LogP contribution in [0.2, 0.25) is 0 Å². The molecule has 1 aliphatic carbocycles. The minimum absolute atomic E-state index is 0. The van der Waals surface area contributed by atoms with E-state index in [1.807, 2.05) is 17.9 Å². The standard InChI is InChI=1S/C16H20N4O2.ClH/c1-9-8-20(6-5-17-9)16(21)12-7-13(11-3-4-11)18-15-14(12)10(2)19-22-15;/h7,9,11,17H,3-6,8H2,1-2H3;1H. The third-order valence-corrected chi connectivity index (χ3v) is 4.52. The molecule has 3 heterocycles. The molecule has 124 valence electrons. The van der Waals surface area contributed by atoms with Crippen LogP contribution in [0.3, 0.4) is 0 Å². The van der Waals surface area contributed by atoms with E-state index >= 15 is 0 Å². The Balaban J connectivity index is 0.00000156.